The SMILES string of the molecule is Cl.O=C(C1CCCN(S(=O)(=O)c2ccccc2)C1)N1C[C@H]2CNC[C@H]2C1. The van der Waals surface area contributed by atoms with E-state index >= 15 is 0 Å². The standard InChI is InChI=1S/C18H25N3O3S.ClH/c22-18(20-11-15-9-19-10-16(15)12-20)14-5-4-8-21(13-14)25(23,24)17-6-2-1-3-7-17;/h1-3,6-7,14-16,19H,4-5,8-13H2;1H/t14?,15-,16+;. The van der Waals surface area contributed by atoms with Crippen molar-refractivity contribution in [3.63, 3.8) is 0 Å². The molecule has 3 aliphatic rings. The number of likely N-dealkylation sites (tertiary alicyclic amines) is 1. The zero-order valence-corrected chi connectivity index (χ0v) is 16.3. The van der Waals surface area contributed by atoms with Crippen LogP contribution in [0.1, 0.15) is 12.8 Å². The molecule has 1 N–H and O–H groups in total. The van der Waals surface area contributed by atoms with Crippen LogP contribution in [0.4, 0.5) is 0 Å². The topological polar surface area (TPSA) is 69.7 Å². The second kappa shape index (κ2) is 7.84. The third kappa shape index (κ3) is 3.63. The number of piperidine rings is 1. The van der Waals surface area contributed by atoms with E-state index in [1.165, 1.54) is 4.31 Å². The molecule has 1 aromatic carbocycles. The first kappa shape index (κ1) is 19.6. The van der Waals surface area contributed by atoms with Gasteiger partial charge in [0.25, 0.3) is 0 Å². The summed E-state index contributed by atoms with van der Waals surface area (Å²) >= 11 is 0. The predicted octanol–water partition coefficient (Wildman–Crippen LogP) is 1.19. The van der Waals surface area contributed by atoms with Crippen molar-refractivity contribution >= 4 is 28.3 Å². The van der Waals surface area contributed by atoms with Crippen molar-refractivity contribution in [1.29, 1.82) is 0 Å². The highest BCUT2D eigenvalue weighted by molar-refractivity contribution is 7.89. The fourth-order valence-corrected chi connectivity index (χ4v) is 5.94. The molecule has 1 unspecified atom stereocenters. The number of amides is 1. The van der Waals surface area contributed by atoms with Crippen LogP contribution in [0.3, 0.4) is 0 Å². The van der Waals surface area contributed by atoms with E-state index < -0.39 is 10.0 Å². The summed E-state index contributed by atoms with van der Waals surface area (Å²) in [6, 6.07) is 8.51. The van der Waals surface area contributed by atoms with Crippen molar-refractivity contribution in [3.8, 4) is 0 Å². The first-order valence-corrected chi connectivity index (χ1v) is 10.5. The number of fused-ring (bicyclic) bond motifs is 1. The van der Waals surface area contributed by atoms with Gasteiger partial charge >= 0.3 is 0 Å². The van der Waals surface area contributed by atoms with E-state index in [1.807, 2.05) is 4.90 Å². The number of benzene rings is 1. The van der Waals surface area contributed by atoms with Gasteiger partial charge in [0.05, 0.1) is 10.8 Å². The smallest absolute Gasteiger partial charge is 0.243 e. The van der Waals surface area contributed by atoms with Crippen LogP contribution in [0.5, 0.6) is 0 Å². The number of carbonyl (C=O) groups is 1. The van der Waals surface area contributed by atoms with Gasteiger partial charge in [-0.2, -0.15) is 4.31 Å². The molecule has 3 fully saturated rings. The Balaban J connectivity index is 0.00000196. The van der Waals surface area contributed by atoms with Crippen LogP contribution in [0, 0.1) is 17.8 Å². The minimum Gasteiger partial charge on any atom is -0.342 e. The van der Waals surface area contributed by atoms with E-state index in [0.29, 0.717) is 29.8 Å². The van der Waals surface area contributed by atoms with Crippen LogP contribution in [0.2, 0.25) is 0 Å². The van der Waals surface area contributed by atoms with Crippen molar-refractivity contribution in [2.45, 2.75) is 17.7 Å². The second-order valence-electron chi connectivity index (χ2n) is 7.44. The molecule has 26 heavy (non-hydrogen) atoms. The summed E-state index contributed by atoms with van der Waals surface area (Å²) in [6.07, 6.45) is 1.52. The Morgan fingerprint density at radius 2 is 1.69 bits per heavy atom. The molecule has 3 atom stereocenters. The minimum absolute atomic E-state index is 0. The van der Waals surface area contributed by atoms with Gasteiger partial charge in [0.15, 0.2) is 0 Å². The molecule has 0 radical (unpaired) electrons. The highest BCUT2D eigenvalue weighted by Crippen LogP contribution is 2.30. The van der Waals surface area contributed by atoms with Crippen molar-refractivity contribution < 1.29 is 13.2 Å². The highest BCUT2D eigenvalue weighted by Gasteiger charge is 2.41. The lowest BCUT2D eigenvalue weighted by molar-refractivity contribution is -0.135. The lowest BCUT2D eigenvalue weighted by Gasteiger charge is -2.33. The summed E-state index contributed by atoms with van der Waals surface area (Å²) in [6.45, 7) is 4.43. The Hall–Kier alpha value is -1.15. The lowest BCUT2D eigenvalue weighted by Crippen LogP contribution is -2.46. The van der Waals surface area contributed by atoms with Gasteiger partial charge in [-0.3, -0.25) is 4.79 Å². The summed E-state index contributed by atoms with van der Waals surface area (Å²) in [5, 5.41) is 3.38. The molecule has 3 heterocycles. The van der Waals surface area contributed by atoms with E-state index in [1.54, 1.807) is 30.3 Å². The van der Waals surface area contributed by atoms with Crippen molar-refractivity contribution in [2.75, 3.05) is 39.3 Å². The number of nitrogens with one attached hydrogen (secondary N) is 1. The Morgan fingerprint density at radius 3 is 2.35 bits per heavy atom. The third-order valence-electron chi connectivity index (χ3n) is 5.82. The summed E-state index contributed by atoms with van der Waals surface area (Å²) < 4.78 is 27.2. The quantitative estimate of drug-likeness (QED) is 0.828. The molecule has 144 valence electrons. The fraction of sp³-hybridized carbons (Fsp3) is 0.611. The molecule has 4 rings (SSSR count). The van der Waals surface area contributed by atoms with Crippen LogP contribution in [0.15, 0.2) is 35.2 Å². The second-order valence-corrected chi connectivity index (χ2v) is 9.37. The first-order valence-electron chi connectivity index (χ1n) is 9.10. The Morgan fingerprint density at radius 1 is 1.04 bits per heavy atom. The van der Waals surface area contributed by atoms with Gasteiger partial charge in [-0.15, -0.1) is 12.4 Å². The van der Waals surface area contributed by atoms with Crippen LogP contribution in [-0.2, 0) is 14.8 Å². The highest BCUT2D eigenvalue weighted by atomic mass is 35.5. The van der Waals surface area contributed by atoms with Crippen molar-refractivity contribution in [2.24, 2.45) is 17.8 Å². The number of sulfonamides is 1. The Kier molecular flexibility index (Phi) is 5.91. The maximum absolute atomic E-state index is 12.9. The van der Waals surface area contributed by atoms with Crippen LogP contribution in [-0.4, -0.2) is 62.8 Å². The molecule has 8 heteroatoms. The van der Waals surface area contributed by atoms with Crippen LogP contribution < -0.4 is 5.32 Å². The monoisotopic (exact) mass is 399 g/mol. The van der Waals surface area contributed by atoms with E-state index in [0.717, 1.165) is 39.0 Å². The molecular weight excluding hydrogens is 374 g/mol. The normalized spacial score (nSPS) is 29.2. The molecule has 6 nitrogen and oxygen atoms in total. The average Bonchev–Trinajstić information content (AvgIpc) is 3.24. The molecule has 1 amide bonds. The van der Waals surface area contributed by atoms with Gasteiger partial charge in [0, 0.05) is 39.3 Å². The maximum atomic E-state index is 12.9. The zero-order valence-electron chi connectivity index (χ0n) is 14.7. The molecule has 3 saturated heterocycles. The van der Waals surface area contributed by atoms with Gasteiger partial charge in [-0.1, -0.05) is 18.2 Å². The van der Waals surface area contributed by atoms with Crippen molar-refractivity contribution in [3.05, 3.63) is 30.3 Å². The molecule has 0 saturated carbocycles. The number of halogens is 1. The maximum Gasteiger partial charge on any atom is 0.243 e. The third-order valence-corrected chi connectivity index (χ3v) is 7.69. The number of carbonyl (C=O) groups excluding carboxylic acids is 1. The average molecular weight is 400 g/mol. The molecule has 0 aromatic heterocycles. The molecule has 1 aromatic rings. The minimum atomic E-state index is -3.51. The van der Waals surface area contributed by atoms with E-state index in [9.17, 15) is 13.2 Å². The molecule has 0 aliphatic carbocycles. The zero-order chi connectivity index (χ0) is 17.4. The van der Waals surface area contributed by atoms with Gasteiger partial charge in [0.1, 0.15) is 0 Å². The molecular formula is C18H26ClN3O3S. The van der Waals surface area contributed by atoms with Crippen molar-refractivity contribution in [1.82, 2.24) is 14.5 Å². The number of rotatable bonds is 3. The summed E-state index contributed by atoms with van der Waals surface area (Å²) in [5.41, 5.74) is 0. The first-order chi connectivity index (χ1) is 12.1. The van der Waals surface area contributed by atoms with Crippen LogP contribution >= 0.6 is 12.4 Å². The summed E-state index contributed by atoms with van der Waals surface area (Å²) in [4.78, 5) is 15.2. The Labute approximate surface area is 161 Å². The number of hydrogen-bond donors (Lipinski definition) is 1. The number of hydrogen-bond acceptors (Lipinski definition) is 4. The lowest BCUT2D eigenvalue weighted by atomic mass is 9.98. The van der Waals surface area contributed by atoms with Crippen LogP contribution in [0.25, 0.3) is 0 Å². The Bertz CT molecular complexity index is 731. The van der Waals surface area contributed by atoms with E-state index in [4.69, 9.17) is 0 Å². The molecule has 0 bridgehead atoms. The van der Waals surface area contributed by atoms with Gasteiger partial charge in [-0.05, 0) is 36.8 Å². The van der Waals surface area contributed by atoms with E-state index in [2.05, 4.69) is 5.32 Å². The number of nitrogens with zero attached hydrogens (tertiary/aromatic N) is 2. The predicted molar refractivity (Wildman–Crippen MR) is 102 cm³/mol. The van der Waals surface area contributed by atoms with Gasteiger partial charge < -0.3 is 10.2 Å². The fourth-order valence-electron chi connectivity index (χ4n) is 4.40. The largest absolute Gasteiger partial charge is 0.342 e. The summed E-state index contributed by atoms with van der Waals surface area (Å²) in [7, 11) is -3.51. The molecule has 0 spiro atoms. The van der Waals surface area contributed by atoms with E-state index in [-0.39, 0.29) is 24.2 Å². The summed E-state index contributed by atoms with van der Waals surface area (Å²) in [5.74, 6) is 1.06. The van der Waals surface area contributed by atoms with Gasteiger partial charge in [-0.25, -0.2) is 8.42 Å². The van der Waals surface area contributed by atoms with Gasteiger partial charge in [0.2, 0.25) is 15.9 Å². The molecule has 3 aliphatic heterocycles.